The number of terminal acetylenes is 1. The second kappa shape index (κ2) is 10.3. The Labute approximate surface area is 216 Å². The first-order valence-electron chi connectivity index (χ1n) is 12.2. The first-order valence-corrected chi connectivity index (χ1v) is 12.2. The molecule has 0 aliphatic carbocycles. The number of carbonyl (C=O) groups is 2. The summed E-state index contributed by atoms with van der Waals surface area (Å²) in [6.07, 6.45) is 5.97. The van der Waals surface area contributed by atoms with Crippen LogP contribution in [-0.4, -0.2) is 45.4 Å². The molecule has 3 aromatic rings. The van der Waals surface area contributed by atoms with E-state index in [1.54, 1.807) is 43.1 Å². The summed E-state index contributed by atoms with van der Waals surface area (Å²) in [5.74, 6) is 2.58. The van der Waals surface area contributed by atoms with Gasteiger partial charge in [-0.3, -0.25) is 14.4 Å². The van der Waals surface area contributed by atoms with Crippen molar-refractivity contribution in [2.75, 3.05) is 12.4 Å². The van der Waals surface area contributed by atoms with Gasteiger partial charge in [0.1, 0.15) is 0 Å². The van der Waals surface area contributed by atoms with Gasteiger partial charge >= 0.3 is 0 Å². The van der Waals surface area contributed by atoms with Crippen molar-refractivity contribution in [3.05, 3.63) is 86.3 Å². The molecule has 0 radical (unpaired) electrons. The molecule has 0 fully saturated rings. The van der Waals surface area contributed by atoms with E-state index in [2.05, 4.69) is 16.6 Å². The molecule has 1 aromatic heterocycles. The van der Waals surface area contributed by atoms with Gasteiger partial charge in [0, 0.05) is 29.8 Å². The Morgan fingerprint density at radius 2 is 1.78 bits per heavy atom. The normalized spacial score (nSPS) is 15.4. The summed E-state index contributed by atoms with van der Waals surface area (Å²) in [7, 11) is 1.56. The monoisotopic (exact) mass is 497 g/mol. The first kappa shape index (κ1) is 25.7. The molecule has 4 rings (SSSR count). The maximum Gasteiger partial charge on any atom is 0.263 e. The molecule has 0 saturated carbocycles. The van der Waals surface area contributed by atoms with Crippen LogP contribution in [0.25, 0.3) is 5.69 Å². The Balaban J connectivity index is 1.77. The molecular weight excluding hydrogens is 466 g/mol. The van der Waals surface area contributed by atoms with Gasteiger partial charge in [-0.05, 0) is 81.6 Å². The Bertz CT molecular complexity index is 1470. The topological polar surface area (TPSA) is 96.3 Å². The molecule has 1 aliphatic rings. The van der Waals surface area contributed by atoms with Gasteiger partial charge in [0.2, 0.25) is 5.95 Å². The van der Waals surface area contributed by atoms with E-state index in [-0.39, 0.29) is 35.9 Å². The Morgan fingerprint density at radius 3 is 2.41 bits per heavy atom. The largest absolute Gasteiger partial charge is 0.355 e. The fraction of sp³-hybridized carbons (Fsp3) is 0.310. The van der Waals surface area contributed by atoms with Gasteiger partial charge in [0.15, 0.2) is 0 Å². The number of amides is 2. The molecule has 2 N–H and O–H groups in total. The number of rotatable bonds is 5. The molecule has 8 heteroatoms. The maximum absolute atomic E-state index is 13.8. The van der Waals surface area contributed by atoms with E-state index < -0.39 is 6.04 Å². The third-order valence-corrected chi connectivity index (χ3v) is 6.84. The van der Waals surface area contributed by atoms with E-state index in [4.69, 9.17) is 11.4 Å². The van der Waals surface area contributed by atoms with Crippen LogP contribution in [0.2, 0.25) is 0 Å². The van der Waals surface area contributed by atoms with E-state index in [0.29, 0.717) is 34.5 Å². The highest BCUT2D eigenvalue weighted by Crippen LogP contribution is 2.25. The lowest BCUT2D eigenvalue weighted by molar-refractivity contribution is 0.0653. The van der Waals surface area contributed by atoms with Gasteiger partial charge in [0.05, 0.1) is 24.0 Å². The summed E-state index contributed by atoms with van der Waals surface area (Å²) in [6.45, 7) is 7.94. The van der Waals surface area contributed by atoms with Crippen molar-refractivity contribution in [3.63, 3.8) is 0 Å². The molecule has 2 amide bonds. The zero-order valence-corrected chi connectivity index (χ0v) is 21.8. The number of fused-ring (bicyclic) bond motifs is 1. The summed E-state index contributed by atoms with van der Waals surface area (Å²) in [4.78, 5) is 45.7. The standard InChI is InChI=1S/C29H31N5O3/c1-7-19(4)31-29-32-25-16-33(27(36)22-9-8-17(2)18(3)14-22)20(5)15-24(25)28(37)34(29)23-12-10-21(11-13-23)26(35)30-6/h1,8-14,19-20H,15-16H2,2-6H3,(H,30,35)(H,31,32)/t19?,20-/m1/s1. The number of benzene rings is 2. The Kier molecular flexibility index (Phi) is 7.16. The van der Waals surface area contributed by atoms with Crippen LogP contribution in [0.1, 0.15) is 56.9 Å². The van der Waals surface area contributed by atoms with Gasteiger partial charge in [-0.1, -0.05) is 12.0 Å². The van der Waals surface area contributed by atoms with Crippen molar-refractivity contribution < 1.29 is 9.59 Å². The number of hydrogen-bond donors (Lipinski definition) is 2. The average molecular weight is 498 g/mol. The minimum atomic E-state index is -0.392. The van der Waals surface area contributed by atoms with Gasteiger partial charge in [0.25, 0.3) is 17.4 Å². The van der Waals surface area contributed by atoms with Crippen LogP contribution in [0, 0.1) is 26.2 Å². The van der Waals surface area contributed by atoms with Crippen LogP contribution in [0.5, 0.6) is 0 Å². The van der Waals surface area contributed by atoms with Gasteiger partial charge in [-0.25, -0.2) is 9.55 Å². The number of nitrogens with zero attached hydrogens (tertiary/aromatic N) is 3. The average Bonchev–Trinajstić information content (AvgIpc) is 2.89. The van der Waals surface area contributed by atoms with Gasteiger partial charge in [-0.15, -0.1) is 6.42 Å². The summed E-state index contributed by atoms with van der Waals surface area (Å²) < 4.78 is 1.48. The smallest absolute Gasteiger partial charge is 0.263 e. The van der Waals surface area contributed by atoms with Crippen molar-refractivity contribution in [2.24, 2.45) is 0 Å². The zero-order chi connectivity index (χ0) is 26.9. The number of carbonyl (C=O) groups excluding carboxylic acids is 2. The van der Waals surface area contributed by atoms with Crippen molar-refractivity contribution in [1.82, 2.24) is 19.8 Å². The lowest BCUT2D eigenvalue weighted by Gasteiger charge is -2.35. The number of hydrogen-bond acceptors (Lipinski definition) is 5. The van der Waals surface area contributed by atoms with Crippen molar-refractivity contribution >= 4 is 17.8 Å². The third-order valence-electron chi connectivity index (χ3n) is 6.84. The molecular formula is C29H31N5O3. The Hall–Kier alpha value is -4.38. The maximum atomic E-state index is 13.8. The number of anilines is 1. The predicted octanol–water partition coefficient (Wildman–Crippen LogP) is 3.23. The second-order valence-corrected chi connectivity index (χ2v) is 9.45. The molecule has 2 atom stereocenters. The number of aromatic nitrogens is 2. The molecule has 0 bridgehead atoms. The van der Waals surface area contributed by atoms with Crippen molar-refractivity contribution in [2.45, 2.75) is 52.7 Å². The van der Waals surface area contributed by atoms with Gasteiger partial charge in [-0.2, -0.15) is 0 Å². The molecule has 8 nitrogen and oxygen atoms in total. The highest BCUT2D eigenvalue weighted by molar-refractivity contribution is 5.95. The van der Waals surface area contributed by atoms with Crippen LogP contribution < -0.4 is 16.2 Å². The van der Waals surface area contributed by atoms with E-state index in [1.165, 1.54) is 4.57 Å². The lowest BCUT2D eigenvalue weighted by atomic mass is 9.97. The number of aryl methyl sites for hydroxylation is 2. The minimum Gasteiger partial charge on any atom is -0.355 e. The fourth-order valence-electron chi connectivity index (χ4n) is 4.45. The van der Waals surface area contributed by atoms with Crippen LogP contribution >= 0.6 is 0 Å². The summed E-state index contributed by atoms with van der Waals surface area (Å²) in [6, 6.07) is 11.8. The lowest BCUT2D eigenvalue weighted by Crippen LogP contribution is -2.46. The molecule has 2 aromatic carbocycles. The van der Waals surface area contributed by atoms with E-state index in [0.717, 1.165) is 11.1 Å². The third kappa shape index (κ3) is 4.98. The fourth-order valence-corrected chi connectivity index (χ4v) is 4.45. The van der Waals surface area contributed by atoms with Crippen LogP contribution in [0.15, 0.2) is 47.3 Å². The molecule has 2 heterocycles. The van der Waals surface area contributed by atoms with Crippen molar-refractivity contribution in [1.29, 1.82) is 0 Å². The molecule has 37 heavy (non-hydrogen) atoms. The minimum absolute atomic E-state index is 0.0940. The molecule has 1 aliphatic heterocycles. The highest BCUT2D eigenvalue weighted by Gasteiger charge is 2.32. The summed E-state index contributed by atoms with van der Waals surface area (Å²) in [5, 5.41) is 5.72. The Morgan fingerprint density at radius 1 is 1.11 bits per heavy atom. The first-order chi connectivity index (χ1) is 17.6. The number of nitrogens with one attached hydrogen (secondary N) is 2. The van der Waals surface area contributed by atoms with Crippen LogP contribution in [0.3, 0.4) is 0 Å². The molecule has 1 unspecified atom stereocenters. The van der Waals surface area contributed by atoms with E-state index >= 15 is 0 Å². The predicted molar refractivity (Wildman–Crippen MR) is 144 cm³/mol. The summed E-state index contributed by atoms with van der Waals surface area (Å²) >= 11 is 0. The van der Waals surface area contributed by atoms with Crippen molar-refractivity contribution in [3.8, 4) is 18.0 Å². The summed E-state index contributed by atoms with van der Waals surface area (Å²) in [5.41, 5.74) is 4.70. The quantitative estimate of drug-likeness (QED) is 0.528. The molecule has 0 saturated heterocycles. The SMILES string of the molecule is C#CC(C)Nc1nc2c(c(=O)n1-c1ccc(C(=O)NC)cc1)C[C@@H](C)N(C(=O)c1ccc(C)c(C)c1)C2. The van der Waals surface area contributed by atoms with Crippen LogP contribution in [0.4, 0.5) is 5.95 Å². The highest BCUT2D eigenvalue weighted by atomic mass is 16.2. The van der Waals surface area contributed by atoms with E-state index in [1.807, 2.05) is 39.0 Å². The van der Waals surface area contributed by atoms with Crippen LogP contribution in [-0.2, 0) is 13.0 Å². The molecule has 0 spiro atoms. The second-order valence-electron chi connectivity index (χ2n) is 9.45. The van der Waals surface area contributed by atoms with Gasteiger partial charge < -0.3 is 15.5 Å². The zero-order valence-electron chi connectivity index (χ0n) is 21.8. The molecule has 190 valence electrons. The van der Waals surface area contributed by atoms with E-state index in [9.17, 15) is 14.4 Å².